The SMILES string of the molecule is Nc1c(-c2ccco2)nc2sc3c(n12)CCC3. The average Bonchev–Trinajstić information content (AvgIpc) is 3.00. The van der Waals surface area contributed by atoms with Crippen LogP contribution in [0.25, 0.3) is 16.4 Å². The Kier molecular flexibility index (Phi) is 1.71. The fourth-order valence-corrected chi connectivity index (χ4v) is 3.71. The molecule has 17 heavy (non-hydrogen) atoms. The fourth-order valence-electron chi connectivity index (χ4n) is 2.49. The van der Waals surface area contributed by atoms with Gasteiger partial charge in [0.2, 0.25) is 0 Å². The van der Waals surface area contributed by atoms with E-state index >= 15 is 0 Å². The Bertz CT molecular complexity index is 693. The third kappa shape index (κ3) is 1.14. The van der Waals surface area contributed by atoms with Crippen LogP contribution < -0.4 is 5.73 Å². The van der Waals surface area contributed by atoms with E-state index < -0.39 is 0 Å². The molecule has 0 saturated heterocycles. The summed E-state index contributed by atoms with van der Waals surface area (Å²) in [6, 6.07) is 3.75. The highest BCUT2D eigenvalue weighted by Crippen LogP contribution is 2.36. The quantitative estimate of drug-likeness (QED) is 0.717. The molecule has 4 nitrogen and oxygen atoms in total. The molecule has 0 aromatic carbocycles. The van der Waals surface area contributed by atoms with Gasteiger partial charge < -0.3 is 10.2 Å². The highest BCUT2D eigenvalue weighted by atomic mass is 32.1. The van der Waals surface area contributed by atoms with Crippen molar-refractivity contribution in [3.05, 3.63) is 29.0 Å². The van der Waals surface area contributed by atoms with E-state index in [1.165, 1.54) is 23.4 Å². The van der Waals surface area contributed by atoms with Gasteiger partial charge in [-0.1, -0.05) is 0 Å². The summed E-state index contributed by atoms with van der Waals surface area (Å²) in [5.74, 6) is 1.44. The van der Waals surface area contributed by atoms with Crippen molar-refractivity contribution in [3.63, 3.8) is 0 Å². The molecule has 3 heterocycles. The summed E-state index contributed by atoms with van der Waals surface area (Å²) in [4.78, 5) is 7.00. The smallest absolute Gasteiger partial charge is 0.196 e. The maximum atomic E-state index is 6.19. The van der Waals surface area contributed by atoms with Crippen molar-refractivity contribution in [2.24, 2.45) is 0 Å². The molecule has 1 aliphatic rings. The monoisotopic (exact) mass is 245 g/mol. The number of hydrogen-bond acceptors (Lipinski definition) is 4. The highest BCUT2D eigenvalue weighted by molar-refractivity contribution is 7.17. The first kappa shape index (κ1) is 9.30. The summed E-state index contributed by atoms with van der Waals surface area (Å²) < 4.78 is 7.46. The summed E-state index contributed by atoms with van der Waals surface area (Å²) in [6.07, 6.45) is 5.14. The van der Waals surface area contributed by atoms with Crippen molar-refractivity contribution in [2.45, 2.75) is 19.3 Å². The molecule has 4 rings (SSSR count). The van der Waals surface area contributed by atoms with Crippen LogP contribution in [-0.4, -0.2) is 9.38 Å². The lowest BCUT2D eigenvalue weighted by Gasteiger charge is -1.97. The minimum absolute atomic E-state index is 0.703. The van der Waals surface area contributed by atoms with Crippen LogP contribution in [0.1, 0.15) is 17.0 Å². The summed E-state index contributed by atoms with van der Waals surface area (Å²) >= 11 is 1.75. The van der Waals surface area contributed by atoms with E-state index in [-0.39, 0.29) is 0 Å². The van der Waals surface area contributed by atoms with Crippen LogP contribution in [0.15, 0.2) is 22.8 Å². The van der Waals surface area contributed by atoms with E-state index in [1.807, 2.05) is 12.1 Å². The molecule has 0 saturated carbocycles. The molecule has 0 amide bonds. The van der Waals surface area contributed by atoms with Gasteiger partial charge in [0, 0.05) is 10.6 Å². The standard InChI is InChI=1S/C12H11N3OS/c13-11-10(8-4-2-6-16-8)14-12-15(11)7-3-1-5-9(7)17-12/h2,4,6H,1,3,5,13H2. The predicted octanol–water partition coefficient (Wildman–Crippen LogP) is 2.73. The molecule has 3 aromatic heterocycles. The van der Waals surface area contributed by atoms with E-state index in [4.69, 9.17) is 10.2 Å². The van der Waals surface area contributed by atoms with Crippen molar-refractivity contribution in [1.29, 1.82) is 0 Å². The van der Waals surface area contributed by atoms with E-state index in [9.17, 15) is 0 Å². The maximum Gasteiger partial charge on any atom is 0.196 e. The highest BCUT2D eigenvalue weighted by Gasteiger charge is 2.23. The third-order valence-electron chi connectivity index (χ3n) is 3.26. The first-order chi connectivity index (χ1) is 8.34. The van der Waals surface area contributed by atoms with Gasteiger partial charge in [0.25, 0.3) is 0 Å². The lowest BCUT2D eigenvalue weighted by molar-refractivity contribution is 0.581. The second kappa shape index (κ2) is 3.13. The van der Waals surface area contributed by atoms with Gasteiger partial charge in [-0.2, -0.15) is 0 Å². The number of aryl methyl sites for hydroxylation is 2. The van der Waals surface area contributed by atoms with Gasteiger partial charge in [-0.25, -0.2) is 4.98 Å². The molecule has 86 valence electrons. The number of nitrogens with zero attached hydrogens (tertiary/aromatic N) is 2. The van der Waals surface area contributed by atoms with Gasteiger partial charge >= 0.3 is 0 Å². The third-order valence-corrected chi connectivity index (χ3v) is 4.40. The first-order valence-electron chi connectivity index (χ1n) is 5.67. The Morgan fingerprint density at radius 1 is 1.41 bits per heavy atom. The number of fused-ring (bicyclic) bond motifs is 3. The normalized spacial score (nSPS) is 14.6. The number of imidazole rings is 1. The summed E-state index contributed by atoms with van der Waals surface area (Å²) in [5, 5.41) is 0. The number of thiazole rings is 1. The Labute approximate surface area is 102 Å². The summed E-state index contributed by atoms with van der Waals surface area (Å²) in [5.41, 5.74) is 8.30. The van der Waals surface area contributed by atoms with Gasteiger partial charge in [0.15, 0.2) is 10.7 Å². The molecule has 1 aliphatic carbocycles. The number of furan rings is 1. The predicted molar refractivity (Wildman–Crippen MR) is 67.2 cm³/mol. The minimum atomic E-state index is 0.703. The van der Waals surface area contributed by atoms with Crippen LogP contribution in [0.3, 0.4) is 0 Å². The zero-order chi connectivity index (χ0) is 11.4. The van der Waals surface area contributed by atoms with Crippen molar-refractivity contribution in [2.75, 3.05) is 5.73 Å². The minimum Gasteiger partial charge on any atom is -0.463 e. The van der Waals surface area contributed by atoms with Crippen LogP contribution in [0, 0.1) is 0 Å². The molecule has 0 unspecified atom stereocenters. The average molecular weight is 245 g/mol. The lowest BCUT2D eigenvalue weighted by atomic mass is 10.3. The summed E-state index contributed by atoms with van der Waals surface area (Å²) in [7, 11) is 0. The number of anilines is 1. The molecular weight excluding hydrogens is 234 g/mol. The van der Waals surface area contributed by atoms with Gasteiger partial charge in [-0.3, -0.25) is 4.40 Å². The number of nitrogen functional groups attached to an aromatic ring is 1. The number of hydrogen-bond donors (Lipinski definition) is 1. The number of nitrogens with two attached hydrogens (primary N) is 1. The van der Waals surface area contributed by atoms with Crippen LogP contribution in [0.5, 0.6) is 0 Å². The maximum absolute atomic E-state index is 6.19. The molecule has 0 spiro atoms. The van der Waals surface area contributed by atoms with E-state index in [2.05, 4.69) is 9.38 Å². The van der Waals surface area contributed by atoms with Crippen molar-refractivity contribution in [3.8, 4) is 11.5 Å². The lowest BCUT2D eigenvalue weighted by Crippen LogP contribution is -1.96. The molecule has 2 N–H and O–H groups in total. The second-order valence-electron chi connectivity index (χ2n) is 4.27. The number of rotatable bonds is 1. The van der Waals surface area contributed by atoms with Crippen LogP contribution in [0.2, 0.25) is 0 Å². The van der Waals surface area contributed by atoms with E-state index in [1.54, 1.807) is 17.6 Å². The summed E-state index contributed by atoms with van der Waals surface area (Å²) in [6.45, 7) is 0. The van der Waals surface area contributed by atoms with Crippen LogP contribution in [0.4, 0.5) is 5.82 Å². The molecule has 0 radical (unpaired) electrons. The van der Waals surface area contributed by atoms with Crippen LogP contribution in [-0.2, 0) is 12.8 Å². The van der Waals surface area contributed by atoms with Crippen molar-refractivity contribution >= 4 is 22.1 Å². The second-order valence-corrected chi connectivity index (χ2v) is 5.33. The van der Waals surface area contributed by atoms with E-state index in [0.717, 1.165) is 22.8 Å². The molecule has 0 aliphatic heterocycles. The van der Waals surface area contributed by atoms with Gasteiger partial charge in [0.1, 0.15) is 11.5 Å². The number of aromatic nitrogens is 2. The zero-order valence-electron chi connectivity index (χ0n) is 9.14. The van der Waals surface area contributed by atoms with Gasteiger partial charge in [-0.05, 0) is 31.4 Å². The molecule has 0 atom stereocenters. The first-order valence-corrected chi connectivity index (χ1v) is 6.48. The van der Waals surface area contributed by atoms with Gasteiger partial charge in [0.05, 0.1) is 6.26 Å². The zero-order valence-corrected chi connectivity index (χ0v) is 9.96. The Hall–Kier alpha value is -1.75. The molecule has 0 bridgehead atoms. The molecule has 5 heteroatoms. The van der Waals surface area contributed by atoms with Crippen LogP contribution >= 0.6 is 11.3 Å². The molecule has 3 aromatic rings. The topological polar surface area (TPSA) is 56.5 Å². The van der Waals surface area contributed by atoms with Crippen molar-refractivity contribution in [1.82, 2.24) is 9.38 Å². The Morgan fingerprint density at radius 3 is 3.18 bits per heavy atom. The Balaban J connectivity index is 2.02. The van der Waals surface area contributed by atoms with Gasteiger partial charge in [-0.15, -0.1) is 11.3 Å². The Morgan fingerprint density at radius 2 is 2.35 bits per heavy atom. The molecular formula is C12H11N3OS. The van der Waals surface area contributed by atoms with E-state index in [0.29, 0.717) is 5.82 Å². The van der Waals surface area contributed by atoms with Crippen molar-refractivity contribution < 1.29 is 4.42 Å². The molecule has 0 fully saturated rings. The largest absolute Gasteiger partial charge is 0.463 e. The fraction of sp³-hybridized carbons (Fsp3) is 0.250.